The highest BCUT2D eigenvalue weighted by Gasteiger charge is 2.31. The van der Waals surface area contributed by atoms with E-state index in [0.717, 1.165) is 24.0 Å². The van der Waals surface area contributed by atoms with Crippen molar-refractivity contribution in [3.63, 3.8) is 0 Å². The summed E-state index contributed by atoms with van der Waals surface area (Å²) in [6, 6.07) is 16.4. The largest absolute Gasteiger partial charge is 0.481 e. The number of ether oxygens (including phenoxy) is 2. The number of carbonyl (C=O) groups is 3. The number of hydrogen-bond acceptors (Lipinski definition) is 5. The second-order valence-electron chi connectivity index (χ2n) is 9.03. The van der Waals surface area contributed by atoms with Crippen LogP contribution in [0.3, 0.4) is 0 Å². The Hall–Kier alpha value is -3.39. The van der Waals surface area contributed by atoms with Gasteiger partial charge in [0.2, 0.25) is 5.91 Å². The van der Waals surface area contributed by atoms with Crippen LogP contribution in [0.15, 0.2) is 48.5 Å². The van der Waals surface area contributed by atoms with Crippen molar-refractivity contribution in [3.8, 4) is 11.1 Å². The summed E-state index contributed by atoms with van der Waals surface area (Å²) in [5, 5.41) is 14.2. The smallest absolute Gasteiger partial charge is 0.407 e. The number of rotatable bonds is 11. The molecule has 0 aromatic heterocycles. The molecule has 186 valence electrons. The summed E-state index contributed by atoms with van der Waals surface area (Å²) in [4.78, 5) is 35.1. The van der Waals surface area contributed by atoms with Crippen molar-refractivity contribution in [2.45, 2.75) is 56.7 Å². The number of carboxylic acids is 1. The van der Waals surface area contributed by atoms with Crippen molar-refractivity contribution in [2.75, 3.05) is 19.7 Å². The van der Waals surface area contributed by atoms with Gasteiger partial charge in [0.25, 0.3) is 0 Å². The molecule has 2 unspecified atom stereocenters. The maximum atomic E-state index is 12.4. The van der Waals surface area contributed by atoms with E-state index in [9.17, 15) is 14.4 Å². The molecule has 2 aromatic rings. The Morgan fingerprint density at radius 1 is 0.914 bits per heavy atom. The molecule has 2 amide bonds. The third-order valence-corrected chi connectivity index (χ3v) is 6.58. The Balaban J connectivity index is 1.15. The fraction of sp³-hybridized carbons (Fsp3) is 0.444. The molecule has 8 nitrogen and oxygen atoms in total. The van der Waals surface area contributed by atoms with E-state index in [0.29, 0.717) is 25.8 Å². The second-order valence-corrected chi connectivity index (χ2v) is 9.03. The Kier molecular flexibility index (Phi) is 8.36. The van der Waals surface area contributed by atoms with Crippen LogP contribution in [0.1, 0.15) is 55.6 Å². The summed E-state index contributed by atoms with van der Waals surface area (Å²) < 4.78 is 11.3. The van der Waals surface area contributed by atoms with Crippen molar-refractivity contribution in [1.29, 1.82) is 0 Å². The van der Waals surface area contributed by atoms with Crippen molar-refractivity contribution in [1.82, 2.24) is 10.6 Å². The van der Waals surface area contributed by atoms with Gasteiger partial charge < -0.3 is 25.2 Å². The molecule has 4 rings (SSSR count). The standard InChI is InChI=1S/C27H32N2O6/c30-25(31)12-2-1-7-15-28-26(32)24-14-13-18(35-24)16-29-27(33)34-17-23-21-10-5-3-8-19(21)20-9-4-6-11-22(20)23/h3-6,8-11,18,23-24H,1-2,7,12-17H2,(H,28,32)(H,29,33)(H,30,31). The number of carboxylic acid groups (broad SMARTS) is 1. The number of amides is 2. The van der Waals surface area contributed by atoms with Gasteiger partial charge in [-0.05, 0) is 47.9 Å². The topological polar surface area (TPSA) is 114 Å². The molecule has 2 aromatic carbocycles. The first-order valence-corrected chi connectivity index (χ1v) is 12.3. The average Bonchev–Trinajstić information content (AvgIpc) is 3.46. The average molecular weight is 481 g/mol. The molecule has 0 bridgehead atoms. The second kappa shape index (κ2) is 11.8. The molecule has 2 atom stereocenters. The van der Waals surface area contributed by atoms with Crippen LogP contribution in [0.4, 0.5) is 4.79 Å². The van der Waals surface area contributed by atoms with Crippen LogP contribution in [-0.4, -0.2) is 55.0 Å². The number of nitrogens with one attached hydrogen (secondary N) is 2. The molecule has 2 aliphatic rings. The van der Waals surface area contributed by atoms with Crippen LogP contribution >= 0.6 is 0 Å². The van der Waals surface area contributed by atoms with Gasteiger partial charge in [0.15, 0.2) is 0 Å². The van der Waals surface area contributed by atoms with Crippen molar-refractivity contribution >= 4 is 18.0 Å². The molecule has 0 saturated carbocycles. The van der Waals surface area contributed by atoms with Crippen LogP contribution in [0.5, 0.6) is 0 Å². The lowest BCUT2D eigenvalue weighted by Crippen LogP contribution is -2.37. The summed E-state index contributed by atoms with van der Waals surface area (Å²) in [7, 11) is 0. The van der Waals surface area contributed by atoms with Gasteiger partial charge in [-0.25, -0.2) is 4.79 Å². The quantitative estimate of drug-likeness (QED) is 0.421. The van der Waals surface area contributed by atoms with E-state index < -0.39 is 18.2 Å². The Morgan fingerprint density at radius 2 is 1.60 bits per heavy atom. The summed E-state index contributed by atoms with van der Waals surface area (Å²) in [6.07, 6.45) is 2.27. The number of alkyl carbamates (subject to hydrolysis) is 1. The zero-order chi connectivity index (χ0) is 24.6. The van der Waals surface area contributed by atoms with E-state index in [-0.39, 0.29) is 37.5 Å². The van der Waals surface area contributed by atoms with Crippen LogP contribution in [0.25, 0.3) is 11.1 Å². The van der Waals surface area contributed by atoms with Crippen LogP contribution in [-0.2, 0) is 19.1 Å². The maximum Gasteiger partial charge on any atom is 0.407 e. The molecule has 35 heavy (non-hydrogen) atoms. The zero-order valence-corrected chi connectivity index (χ0v) is 19.7. The fourth-order valence-corrected chi connectivity index (χ4v) is 4.80. The zero-order valence-electron chi connectivity index (χ0n) is 19.7. The van der Waals surface area contributed by atoms with E-state index in [1.807, 2.05) is 24.3 Å². The highest BCUT2D eigenvalue weighted by molar-refractivity contribution is 5.81. The molecule has 0 radical (unpaired) electrons. The van der Waals surface area contributed by atoms with Gasteiger partial charge in [-0.15, -0.1) is 0 Å². The molecule has 1 saturated heterocycles. The number of unbranched alkanes of at least 4 members (excludes halogenated alkanes) is 2. The first-order chi connectivity index (χ1) is 17.0. The minimum absolute atomic E-state index is 0.00749. The number of benzene rings is 2. The predicted octanol–water partition coefficient (Wildman–Crippen LogP) is 3.83. The van der Waals surface area contributed by atoms with Crippen molar-refractivity contribution in [3.05, 3.63) is 59.7 Å². The van der Waals surface area contributed by atoms with Gasteiger partial charge in [0.1, 0.15) is 12.7 Å². The van der Waals surface area contributed by atoms with Crippen LogP contribution in [0, 0.1) is 0 Å². The molecule has 8 heteroatoms. The molecular formula is C27H32N2O6. The molecule has 1 fully saturated rings. The molecule has 3 N–H and O–H groups in total. The lowest BCUT2D eigenvalue weighted by molar-refractivity contribution is -0.137. The lowest BCUT2D eigenvalue weighted by Gasteiger charge is -2.16. The van der Waals surface area contributed by atoms with Gasteiger partial charge in [-0.1, -0.05) is 55.0 Å². The monoisotopic (exact) mass is 480 g/mol. The van der Waals surface area contributed by atoms with Gasteiger partial charge in [0.05, 0.1) is 6.10 Å². The van der Waals surface area contributed by atoms with Crippen LogP contribution < -0.4 is 10.6 Å². The molecular weight excluding hydrogens is 448 g/mol. The lowest BCUT2D eigenvalue weighted by atomic mass is 9.98. The summed E-state index contributed by atoms with van der Waals surface area (Å²) in [6.45, 7) is 1.04. The Labute approximate surface area is 205 Å². The minimum atomic E-state index is -0.800. The number of aliphatic carboxylic acids is 1. The summed E-state index contributed by atoms with van der Waals surface area (Å²) in [5.74, 6) is -0.953. The SMILES string of the molecule is O=C(O)CCCCCNC(=O)C1CCC(CNC(=O)OCC2c3ccccc3-c3ccccc32)O1. The van der Waals surface area contributed by atoms with Gasteiger partial charge >= 0.3 is 12.1 Å². The van der Waals surface area contributed by atoms with E-state index in [4.69, 9.17) is 14.6 Å². The summed E-state index contributed by atoms with van der Waals surface area (Å²) >= 11 is 0. The van der Waals surface area contributed by atoms with Gasteiger partial charge in [-0.2, -0.15) is 0 Å². The van der Waals surface area contributed by atoms with Crippen molar-refractivity contribution < 1.29 is 29.0 Å². The first-order valence-electron chi connectivity index (χ1n) is 12.3. The molecule has 1 aliphatic heterocycles. The normalized spacial score (nSPS) is 18.5. The Bertz CT molecular complexity index is 1010. The fourth-order valence-electron chi connectivity index (χ4n) is 4.80. The van der Waals surface area contributed by atoms with E-state index in [2.05, 4.69) is 34.9 Å². The van der Waals surface area contributed by atoms with Gasteiger partial charge in [0, 0.05) is 25.4 Å². The predicted molar refractivity (Wildman–Crippen MR) is 130 cm³/mol. The minimum Gasteiger partial charge on any atom is -0.481 e. The maximum absolute atomic E-state index is 12.4. The molecule has 1 heterocycles. The molecule has 1 aliphatic carbocycles. The highest BCUT2D eigenvalue weighted by Crippen LogP contribution is 2.44. The third kappa shape index (κ3) is 6.39. The number of hydrogen-bond donors (Lipinski definition) is 3. The van der Waals surface area contributed by atoms with E-state index in [1.165, 1.54) is 11.1 Å². The number of fused-ring (bicyclic) bond motifs is 3. The van der Waals surface area contributed by atoms with Crippen LogP contribution in [0.2, 0.25) is 0 Å². The first kappa shape index (κ1) is 24.7. The van der Waals surface area contributed by atoms with Crippen molar-refractivity contribution in [2.24, 2.45) is 0 Å². The Morgan fingerprint density at radius 3 is 2.29 bits per heavy atom. The van der Waals surface area contributed by atoms with Gasteiger partial charge in [-0.3, -0.25) is 9.59 Å². The van der Waals surface area contributed by atoms with E-state index >= 15 is 0 Å². The number of carbonyl (C=O) groups excluding carboxylic acids is 2. The van der Waals surface area contributed by atoms with E-state index in [1.54, 1.807) is 0 Å². The summed E-state index contributed by atoms with van der Waals surface area (Å²) in [5.41, 5.74) is 4.69. The highest BCUT2D eigenvalue weighted by atomic mass is 16.5. The third-order valence-electron chi connectivity index (χ3n) is 6.58. The molecule has 0 spiro atoms.